The molecule has 0 amide bonds. The number of hydrogen-bond donors (Lipinski definition) is 0. The van der Waals surface area contributed by atoms with Gasteiger partial charge in [0.2, 0.25) is 0 Å². The Hall–Kier alpha value is -4.56. The summed E-state index contributed by atoms with van der Waals surface area (Å²) in [6.45, 7) is 3.71. The van der Waals surface area contributed by atoms with Gasteiger partial charge in [-0.3, -0.25) is 0 Å². The molecule has 58 radical (unpaired) electrons. The summed E-state index contributed by atoms with van der Waals surface area (Å²) in [6.07, 6.45) is 0. The van der Waals surface area contributed by atoms with E-state index in [1.807, 2.05) is 13.8 Å². The van der Waals surface area contributed by atoms with Crippen molar-refractivity contribution in [3.8, 4) is 33.4 Å². The Bertz CT molecular complexity index is 4140. The summed E-state index contributed by atoms with van der Waals surface area (Å²) in [7, 11) is 200. The Morgan fingerprint density at radius 3 is 0.829 bits per heavy atom. The third kappa shape index (κ3) is 7.81. The minimum absolute atomic E-state index is 0.000981. The van der Waals surface area contributed by atoms with Crippen molar-refractivity contribution >= 4 is 403 Å². The first-order valence-electron chi connectivity index (χ1n) is 24.6. The standard InChI is InChI=1S/C52H10B29N/c1-51(2)20-15(17-21(51)32(63)42(73)38(69)28(17)59)12(5-10(55)26(20)57)82(7-3-8(53)14(9(54)4-7)19-30(61)40(71)48(79)41(72)31(19)62)13-6-11(56)27(58)22-16(13)18-23(33(64)43(74)39(70)29(18)60)52(22,24-34(65)44(75)49(80)45(76)35(24)66)25-36(67)46(77)50(81)47(78)37(25)68/h3-6H,1-2H3. The van der Waals surface area contributed by atoms with E-state index in [1.54, 1.807) is 11.0 Å². The zero-order chi connectivity index (χ0) is 60.8. The molecule has 8 aromatic carbocycles. The summed E-state index contributed by atoms with van der Waals surface area (Å²) in [5.74, 6) is 0. The van der Waals surface area contributed by atoms with Gasteiger partial charge < -0.3 is 4.90 Å². The molecule has 0 saturated carbocycles. The molecule has 0 aromatic heterocycles. The molecule has 0 heterocycles. The average Bonchev–Trinajstić information content (AvgIpc) is 1.52. The third-order valence-electron chi connectivity index (χ3n) is 16.6. The van der Waals surface area contributed by atoms with Gasteiger partial charge in [-0.15, -0.1) is 104 Å². The zero-order valence-corrected chi connectivity index (χ0v) is 44.5. The monoisotopic (exact) mass is 967 g/mol. The van der Waals surface area contributed by atoms with Crippen LogP contribution in [-0.4, -0.2) is 228 Å². The number of anilines is 3. The van der Waals surface area contributed by atoms with Crippen LogP contribution in [0.15, 0.2) is 24.3 Å². The molecule has 1 nitrogen and oxygen atoms in total. The van der Waals surface area contributed by atoms with E-state index < -0.39 is 10.8 Å². The van der Waals surface area contributed by atoms with Gasteiger partial charge in [0.15, 0.2) is 0 Å². The molecule has 0 spiro atoms. The third-order valence-corrected chi connectivity index (χ3v) is 16.6. The van der Waals surface area contributed by atoms with Gasteiger partial charge in [0.1, 0.15) is 228 Å². The van der Waals surface area contributed by atoms with Crippen LogP contribution in [0.4, 0.5) is 17.1 Å². The van der Waals surface area contributed by atoms with E-state index in [9.17, 15) is 0 Å². The molecule has 0 bridgehead atoms. The van der Waals surface area contributed by atoms with E-state index in [4.69, 9.17) is 228 Å². The maximum absolute atomic E-state index is 7.48. The van der Waals surface area contributed by atoms with Gasteiger partial charge in [-0.05, 0) is 79.9 Å². The van der Waals surface area contributed by atoms with E-state index in [2.05, 4.69) is 0 Å². The van der Waals surface area contributed by atoms with Crippen LogP contribution in [0, 0.1) is 0 Å². The summed E-state index contributed by atoms with van der Waals surface area (Å²) >= 11 is 0. The second-order valence-corrected chi connectivity index (χ2v) is 21.1. The molecule has 0 atom stereocenters. The van der Waals surface area contributed by atoms with Crippen LogP contribution < -0.4 is 163 Å². The molecular weight excluding hydrogens is 952 g/mol. The predicted molar refractivity (Wildman–Crippen MR) is 378 cm³/mol. The molecule has 8 aromatic rings. The first-order chi connectivity index (χ1) is 38.1. The van der Waals surface area contributed by atoms with Crippen molar-refractivity contribution in [3.05, 3.63) is 57.6 Å². The zero-order valence-electron chi connectivity index (χ0n) is 44.5. The normalized spacial score (nSPS) is 13.4. The maximum Gasteiger partial charge on any atom is 0.114 e. The minimum Gasteiger partial charge on any atom is -0.309 e. The van der Waals surface area contributed by atoms with Gasteiger partial charge in [-0.1, -0.05) is 68.5 Å². The summed E-state index contributed by atoms with van der Waals surface area (Å²) in [6, 6.07) is 6.10. The van der Waals surface area contributed by atoms with Crippen LogP contribution in [0.2, 0.25) is 0 Å². The molecule has 0 N–H and O–H groups in total. The van der Waals surface area contributed by atoms with E-state index in [-0.39, 0.29) is 220 Å². The number of benzene rings is 8. The van der Waals surface area contributed by atoms with Crippen molar-refractivity contribution in [1.29, 1.82) is 0 Å². The second kappa shape index (κ2) is 20.3. The minimum atomic E-state index is -2.37. The molecule has 0 saturated heterocycles. The predicted octanol–water partition coefficient (Wildman–Crippen LogP) is -21.5. The Morgan fingerprint density at radius 1 is 0.220 bits per heavy atom. The van der Waals surface area contributed by atoms with Gasteiger partial charge in [-0.2, -0.15) is 0 Å². The van der Waals surface area contributed by atoms with Crippen molar-refractivity contribution in [2.75, 3.05) is 4.90 Å². The van der Waals surface area contributed by atoms with Crippen LogP contribution in [0.5, 0.6) is 0 Å². The van der Waals surface area contributed by atoms with Crippen LogP contribution >= 0.6 is 0 Å². The topological polar surface area (TPSA) is 3.24 Å². The van der Waals surface area contributed by atoms with Gasteiger partial charge in [-0.25, -0.2) is 0 Å². The van der Waals surface area contributed by atoms with Gasteiger partial charge in [0.05, 0.1) is 16.8 Å². The summed E-state index contributed by atoms with van der Waals surface area (Å²) in [4.78, 5) is 1.64. The molecule has 10 rings (SSSR count). The second-order valence-electron chi connectivity index (χ2n) is 21.1. The highest BCUT2D eigenvalue weighted by Gasteiger charge is 2.53. The lowest BCUT2D eigenvalue weighted by atomic mass is 9.47. The fourth-order valence-corrected chi connectivity index (χ4v) is 12.5. The highest BCUT2D eigenvalue weighted by atomic mass is 15.2. The molecule has 2 aliphatic rings. The average molecular weight is 962 g/mol. The van der Waals surface area contributed by atoms with E-state index in [0.29, 0.717) is 22.3 Å². The summed E-state index contributed by atoms with van der Waals surface area (Å²) < 4.78 is 0. The number of fused-ring (bicyclic) bond motifs is 6. The lowest BCUT2D eigenvalue weighted by Crippen LogP contribution is -2.65. The molecular formula is C52H10B29N. The van der Waals surface area contributed by atoms with Gasteiger partial charge >= 0.3 is 0 Å². The Labute approximate surface area is 519 Å². The lowest BCUT2D eigenvalue weighted by molar-refractivity contribution is 0.669. The molecule has 0 fully saturated rings. The SMILES string of the molecule is [B]c1cc(N(c2cc([B])c(-c3c([B])c([B])c([B])c([B])c3[B])c([B])c2)c2cc([B])c([B])c3c2-c2c([B])c([B])c([B])c([B])c2C3(c2c([B])c([B])c([B])c([B])c2[B])c2c([B])c([B])c([B])c([B])c2[B])c2c(c1[B])C(C)(C)c1c([B])c([B])c([B])c([B])c1-2. The first-order valence-corrected chi connectivity index (χ1v) is 24.6. The Balaban J connectivity index is 1.53. The highest BCUT2D eigenvalue weighted by molar-refractivity contribution is 6.73. The number of rotatable bonds is 6. The fraction of sp³-hybridized carbons (Fsp3) is 0.0769. The highest BCUT2D eigenvalue weighted by Crippen LogP contribution is 2.58. The number of hydrogen-bond acceptors (Lipinski definition) is 1. The Morgan fingerprint density at radius 2 is 0.463 bits per heavy atom. The quantitative estimate of drug-likeness (QED) is 0.150. The molecule has 0 unspecified atom stereocenters. The van der Waals surface area contributed by atoms with E-state index >= 15 is 0 Å². The van der Waals surface area contributed by atoms with Crippen molar-refractivity contribution < 1.29 is 0 Å². The van der Waals surface area contributed by atoms with Crippen molar-refractivity contribution in [1.82, 2.24) is 0 Å². The van der Waals surface area contributed by atoms with Crippen LogP contribution in [0.25, 0.3) is 33.4 Å². The smallest absolute Gasteiger partial charge is 0.114 e. The van der Waals surface area contributed by atoms with Crippen LogP contribution in [-0.2, 0) is 10.8 Å². The van der Waals surface area contributed by atoms with E-state index in [0.717, 1.165) is 0 Å². The van der Waals surface area contributed by atoms with Crippen molar-refractivity contribution in [2.24, 2.45) is 0 Å². The molecule has 2 aliphatic carbocycles. The van der Waals surface area contributed by atoms with E-state index in [1.165, 1.54) is 18.2 Å². The fourth-order valence-electron chi connectivity index (χ4n) is 12.5. The molecule has 30 heteroatoms. The van der Waals surface area contributed by atoms with Crippen molar-refractivity contribution in [2.45, 2.75) is 24.7 Å². The largest absolute Gasteiger partial charge is 0.309 e. The van der Waals surface area contributed by atoms with Gasteiger partial charge in [0, 0.05) is 22.2 Å². The van der Waals surface area contributed by atoms with Gasteiger partial charge in [0.25, 0.3) is 0 Å². The van der Waals surface area contributed by atoms with Crippen LogP contribution in [0.3, 0.4) is 0 Å². The van der Waals surface area contributed by atoms with Crippen molar-refractivity contribution in [3.63, 3.8) is 0 Å². The molecule has 82 heavy (non-hydrogen) atoms. The molecule has 310 valence electrons. The summed E-state index contributed by atoms with van der Waals surface area (Å²) in [5, 5.41) is 0. The first kappa shape index (κ1) is 60.6. The number of nitrogens with zero attached hydrogens (tertiary/aromatic N) is 1. The maximum atomic E-state index is 7.48. The Kier molecular flexibility index (Phi) is 15.0. The van der Waals surface area contributed by atoms with Crippen LogP contribution in [0.1, 0.15) is 47.2 Å². The lowest BCUT2D eigenvalue weighted by Gasteiger charge is -2.45. The summed E-state index contributed by atoms with van der Waals surface area (Å²) in [5.41, 5.74) is -6.00. The molecule has 0 aliphatic heterocycles.